The lowest BCUT2D eigenvalue weighted by Crippen LogP contribution is -1.93. The lowest BCUT2D eigenvalue weighted by atomic mass is 10.00. The molecule has 0 heterocycles. The van der Waals surface area contributed by atoms with Crippen molar-refractivity contribution in [1.82, 2.24) is 0 Å². The number of aryl methyl sites for hydroxylation is 2. The molecule has 132 valence electrons. The summed E-state index contributed by atoms with van der Waals surface area (Å²) in [7, 11) is 0. The molecule has 0 radical (unpaired) electrons. The van der Waals surface area contributed by atoms with Crippen molar-refractivity contribution < 1.29 is 4.39 Å². The summed E-state index contributed by atoms with van der Waals surface area (Å²) in [4.78, 5) is 0. The fourth-order valence-electron chi connectivity index (χ4n) is 3.14. The van der Waals surface area contributed by atoms with Gasteiger partial charge in [0.05, 0.1) is 0 Å². The van der Waals surface area contributed by atoms with Crippen LogP contribution in [0, 0.1) is 17.7 Å². The molecule has 0 bridgehead atoms. The number of fused-ring (bicyclic) bond motifs is 1. The average molecular weight is 344 g/mol. The highest BCUT2D eigenvalue weighted by molar-refractivity contribution is 5.85. The summed E-state index contributed by atoms with van der Waals surface area (Å²) < 4.78 is 14.7. The van der Waals surface area contributed by atoms with Gasteiger partial charge >= 0.3 is 0 Å². The third kappa shape index (κ3) is 4.33. The van der Waals surface area contributed by atoms with Crippen LogP contribution in [0.15, 0.2) is 54.6 Å². The van der Waals surface area contributed by atoms with Crippen LogP contribution in [-0.4, -0.2) is 0 Å². The standard InChI is InChI=1S/C25H25F/c1-3-5-6-7-22-15-16-23-18-21(14-17-24(23)25(22)26)13-12-20-10-8-19(4-2)9-11-20/h8-11,14-18H,3-7H2,1-2H3. The van der Waals surface area contributed by atoms with Gasteiger partial charge in [-0.15, -0.1) is 0 Å². The first-order valence-corrected chi connectivity index (χ1v) is 9.53. The van der Waals surface area contributed by atoms with Crippen molar-refractivity contribution in [2.24, 2.45) is 0 Å². The van der Waals surface area contributed by atoms with Gasteiger partial charge in [-0.25, -0.2) is 4.39 Å². The highest BCUT2D eigenvalue weighted by Crippen LogP contribution is 2.23. The summed E-state index contributed by atoms with van der Waals surface area (Å²) >= 11 is 0. The SMILES string of the molecule is CCCCCc1ccc2cc(C#Cc3ccc(CC)cc3)ccc2c1F. The Morgan fingerprint density at radius 1 is 0.808 bits per heavy atom. The van der Waals surface area contributed by atoms with Gasteiger partial charge in [0.25, 0.3) is 0 Å². The van der Waals surface area contributed by atoms with Crippen LogP contribution in [-0.2, 0) is 12.8 Å². The van der Waals surface area contributed by atoms with Crippen molar-refractivity contribution in [3.05, 3.63) is 82.7 Å². The van der Waals surface area contributed by atoms with Gasteiger partial charge in [-0.2, -0.15) is 0 Å². The lowest BCUT2D eigenvalue weighted by Gasteiger charge is -2.07. The minimum Gasteiger partial charge on any atom is -0.206 e. The second kappa shape index (κ2) is 8.68. The third-order valence-corrected chi connectivity index (χ3v) is 4.80. The van der Waals surface area contributed by atoms with Crippen molar-refractivity contribution in [2.75, 3.05) is 0 Å². The minimum atomic E-state index is -0.0757. The Morgan fingerprint density at radius 3 is 2.27 bits per heavy atom. The number of unbranched alkanes of at least 4 members (excludes halogenated alkanes) is 2. The van der Waals surface area contributed by atoms with Crippen LogP contribution in [0.3, 0.4) is 0 Å². The summed E-state index contributed by atoms with van der Waals surface area (Å²) in [6.45, 7) is 4.31. The monoisotopic (exact) mass is 344 g/mol. The van der Waals surface area contributed by atoms with E-state index in [9.17, 15) is 4.39 Å². The molecule has 0 fully saturated rings. The van der Waals surface area contributed by atoms with Crippen molar-refractivity contribution in [3.63, 3.8) is 0 Å². The van der Waals surface area contributed by atoms with Crippen LogP contribution < -0.4 is 0 Å². The zero-order valence-electron chi connectivity index (χ0n) is 15.6. The maximum Gasteiger partial charge on any atom is 0.134 e. The second-order valence-electron chi connectivity index (χ2n) is 6.73. The van der Waals surface area contributed by atoms with Crippen molar-refractivity contribution in [2.45, 2.75) is 46.0 Å². The molecule has 0 nitrogen and oxygen atoms in total. The minimum absolute atomic E-state index is 0.0757. The van der Waals surface area contributed by atoms with Crippen LogP contribution in [0.25, 0.3) is 10.8 Å². The van der Waals surface area contributed by atoms with Crippen molar-refractivity contribution in [1.29, 1.82) is 0 Å². The fourth-order valence-corrected chi connectivity index (χ4v) is 3.14. The Hall–Kier alpha value is -2.59. The first kappa shape index (κ1) is 18.2. The molecule has 0 unspecified atom stereocenters. The zero-order valence-corrected chi connectivity index (χ0v) is 15.6. The molecule has 0 saturated carbocycles. The van der Waals surface area contributed by atoms with Crippen LogP contribution in [0.2, 0.25) is 0 Å². The summed E-state index contributed by atoms with van der Waals surface area (Å²) in [5.74, 6) is 6.31. The predicted octanol–water partition coefficient (Wildman–Crippen LogP) is 6.67. The van der Waals surface area contributed by atoms with Gasteiger partial charge in [-0.1, -0.05) is 68.9 Å². The van der Waals surface area contributed by atoms with Crippen LogP contribution >= 0.6 is 0 Å². The van der Waals surface area contributed by atoms with E-state index in [1.807, 2.05) is 30.3 Å². The van der Waals surface area contributed by atoms with Gasteiger partial charge in [0.1, 0.15) is 5.82 Å². The van der Waals surface area contributed by atoms with Crippen LogP contribution in [0.1, 0.15) is 55.4 Å². The first-order chi connectivity index (χ1) is 12.7. The van der Waals surface area contributed by atoms with Gasteiger partial charge < -0.3 is 0 Å². The molecule has 0 saturated heterocycles. The quantitative estimate of drug-likeness (QED) is 0.358. The molecule has 0 spiro atoms. The number of halogens is 1. The number of hydrogen-bond acceptors (Lipinski definition) is 0. The molecular weight excluding hydrogens is 319 g/mol. The fraction of sp³-hybridized carbons (Fsp3) is 0.280. The molecule has 0 aromatic heterocycles. The molecule has 0 aliphatic heterocycles. The van der Waals surface area contributed by atoms with Gasteiger partial charge in [0, 0.05) is 16.5 Å². The molecular formula is C25H25F. The molecule has 1 heteroatoms. The molecule has 3 aromatic rings. The van der Waals surface area contributed by atoms with Crippen molar-refractivity contribution >= 4 is 10.8 Å². The smallest absolute Gasteiger partial charge is 0.134 e. The van der Waals surface area contributed by atoms with E-state index < -0.39 is 0 Å². The Balaban J connectivity index is 1.83. The maximum absolute atomic E-state index is 14.7. The third-order valence-electron chi connectivity index (χ3n) is 4.80. The first-order valence-electron chi connectivity index (χ1n) is 9.53. The molecule has 0 aliphatic rings. The van der Waals surface area contributed by atoms with E-state index in [2.05, 4.69) is 50.0 Å². The summed E-state index contributed by atoms with van der Waals surface area (Å²) in [5, 5.41) is 1.60. The molecule has 3 aromatic carbocycles. The molecule has 0 aliphatic carbocycles. The topological polar surface area (TPSA) is 0 Å². The van der Waals surface area contributed by atoms with E-state index in [0.29, 0.717) is 5.39 Å². The highest BCUT2D eigenvalue weighted by Gasteiger charge is 2.07. The predicted molar refractivity (Wildman–Crippen MR) is 109 cm³/mol. The zero-order chi connectivity index (χ0) is 18.4. The Morgan fingerprint density at radius 2 is 1.54 bits per heavy atom. The Kier molecular flexibility index (Phi) is 6.08. The molecule has 26 heavy (non-hydrogen) atoms. The van der Waals surface area contributed by atoms with Gasteiger partial charge in [-0.3, -0.25) is 0 Å². The van der Waals surface area contributed by atoms with E-state index in [0.717, 1.165) is 54.2 Å². The summed E-state index contributed by atoms with van der Waals surface area (Å²) in [6, 6.07) is 18.0. The lowest BCUT2D eigenvalue weighted by molar-refractivity contribution is 0.609. The Bertz CT molecular complexity index is 940. The number of hydrogen-bond donors (Lipinski definition) is 0. The molecule has 0 atom stereocenters. The molecule has 3 rings (SSSR count). The van der Waals surface area contributed by atoms with E-state index >= 15 is 0 Å². The Labute approximate surface area is 156 Å². The van der Waals surface area contributed by atoms with Crippen LogP contribution in [0.5, 0.6) is 0 Å². The van der Waals surface area contributed by atoms with Gasteiger partial charge in [0.2, 0.25) is 0 Å². The molecule has 0 amide bonds. The molecule has 0 N–H and O–H groups in total. The van der Waals surface area contributed by atoms with Crippen LogP contribution in [0.4, 0.5) is 4.39 Å². The summed E-state index contributed by atoms with van der Waals surface area (Å²) in [5.41, 5.74) is 4.04. The second-order valence-corrected chi connectivity index (χ2v) is 6.73. The number of rotatable bonds is 5. The summed E-state index contributed by atoms with van der Waals surface area (Å²) in [6.07, 6.45) is 5.18. The highest BCUT2D eigenvalue weighted by atomic mass is 19.1. The van der Waals surface area contributed by atoms with E-state index in [-0.39, 0.29) is 5.82 Å². The largest absolute Gasteiger partial charge is 0.206 e. The normalized spacial score (nSPS) is 10.6. The maximum atomic E-state index is 14.7. The average Bonchev–Trinajstić information content (AvgIpc) is 2.68. The van der Waals surface area contributed by atoms with Gasteiger partial charge in [-0.05, 0) is 60.0 Å². The number of benzene rings is 3. The van der Waals surface area contributed by atoms with E-state index in [1.165, 1.54) is 5.56 Å². The van der Waals surface area contributed by atoms with E-state index in [4.69, 9.17) is 0 Å². The van der Waals surface area contributed by atoms with E-state index in [1.54, 1.807) is 0 Å². The van der Waals surface area contributed by atoms with Gasteiger partial charge in [0.15, 0.2) is 0 Å². The van der Waals surface area contributed by atoms with Crippen molar-refractivity contribution in [3.8, 4) is 11.8 Å².